The number of carbonyl (C=O) groups excluding carboxylic acids is 1. The van der Waals surface area contributed by atoms with Gasteiger partial charge in [0, 0.05) is 28.0 Å². The summed E-state index contributed by atoms with van der Waals surface area (Å²) >= 11 is 14.5. The Balaban J connectivity index is 1.51. The van der Waals surface area contributed by atoms with Gasteiger partial charge in [-0.05, 0) is 32.1 Å². The number of nitrogens with one attached hydrogen (secondary N) is 2. The van der Waals surface area contributed by atoms with Crippen LogP contribution >= 0.6 is 46.3 Å². The van der Waals surface area contributed by atoms with E-state index in [0.29, 0.717) is 33.3 Å². The van der Waals surface area contributed by atoms with Crippen molar-refractivity contribution in [3.05, 3.63) is 62.9 Å². The summed E-state index contributed by atoms with van der Waals surface area (Å²) in [7, 11) is 0. The molecule has 0 saturated heterocycles. The molecule has 2 heterocycles. The number of hydrogen-bond donors (Lipinski definition) is 2. The van der Waals surface area contributed by atoms with Crippen LogP contribution in [0.1, 0.15) is 25.1 Å². The molecule has 3 rings (SSSR count). The Morgan fingerprint density at radius 3 is 2.73 bits per heavy atom. The first kappa shape index (κ1) is 22.7. The summed E-state index contributed by atoms with van der Waals surface area (Å²) < 4.78 is 17.5. The van der Waals surface area contributed by atoms with Crippen molar-refractivity contribution < 1.29 is 19.0 Å². The van der Waals surface area contributed by atoms with E-state index in [-0.39, 0.29) is 0 Å². The van der Waals surface area contributed by atoms with Gasteiger partial charge in [-0.1, -0.05) is 41.0 Å². The van der Waals surface area contributed by atoms with Crippen LogP contribution in [0.3, 0.4) is 0 Å². The molecule has 1 aliphatic rings. The van der Waals surface area contributed by atoms with Crippen LogP contribution in [0.5, 0.6) is 0 Å². The Morgan fingerprint density at radius 1 is 1.27 bits per heavy atom. The predicted molar refractivity (Wildman–Crippen MR) is 118 cm³/mol. The number of carbonyl (C=O) groups is 1. The standard InChI is InChI=1S/C19H18Cl2FN3O3S2/c1-19(2,17(26)28-22)30-18-23-12(10-29-18)7-8-27-16-6-5-15(24-25-16)11-3-4-13(20)14(21)9-11/h3-6,9-10,24-25H,7-8H2,1-2H3. The highest BCUT2D eigenvalue weighted by molar-refractivity contribution is 8.03. The molecule has 0 radical (unpaired) electrons. The van der Waals surface area contributed by atoms with Gasteiger partial charge in [0.25, 0.3) is 0 Å². The maximum absolute atomic E-state index is 12.2. The average Bonchev–Trinajstić information content (AvgIpc) is 3.16. The molecular formula is C19H18Cl2FN3O3S2. The zero-order valence-corrected chi connectivity index (χ0v) is 19.1. The van der Waals surface area contributed by atoms with E-state index >= 15 is 0 Å². The summed E-state index contributed by atoms with van der Waals surface area (Å²) in [5.74, 6) is -0.376. The van der Waals surface area contributed by atoms with Crippen LogP contribution in [0, 0.1) is 0 Å². The molecule has 6 nitrogen and oxygen atoms in total. The summed E-state index contributed by atoms with van der Waals surface area (Å²) in [6.07, 6.45) is 4.25. The highest BCUT2D eigenvalue weighted by atomic mass is 35.5. The molecular weight excluding hydrogens is 472 g/mol. The van der Waals surface area contributed by atoms with E-state index in [9.17, 15) is 9.32 Å². The molecule has 2 N–H and O–H groups in total. The van der Waals surface area contributed by atoms with Gasteiger partial charge in [0.05, 0.1) is 28.0 Å². The number of hydrogen-bond acceptors (Lipinski definition) is 8. The minimum absolute atomic E-state index is 0.403. The molecule has 0 fully saturated rings. The van der Waals surface area contributed by atoms with Crippen LogP contribution in [0.2, 0.25) is 10.0 Å². The summed E-state index contributed by atoms with van der Waals surface area (Å²) in [5.41, 5.74) is 8.57. The van der Waals surface area contributed by atoms with Crippen molar-refractivity contribution in [3.8, 4) is 0 Å². The van der Waals surface area contributed by atoms with E-state index in [4.69, 9.17) is 27.9 Å². The van der Waals surface area contributed by atoms with Crippen LogP contribution in [0.15, 0.2) is 46.0 Å². The monoisotopic (exact) mass is 489 g/mol. The van der Waals surface area contributed by atoms with Gasteiger partial charge in [-0.25, -0.2) is 9.78 Å². The van der Waals surface area contributed by atoms with E-state index in [1.54, 1.807) is 26.0 Å². The van der Waals surface area contributed by atoms with E-state index in [0.717, 1.165) is 28.7 Å². The molecule has 0 amide bonds. The average molecular weight is 490 g/mol. The lowest BCUT2D eigenvalue weighted by Gasteiger charge is -2.20. The quantitative estimate of drug-likeness (QED) is 0.487. The number of thioether (sulfide) groups is 1. The maximum Gasteiger partial charge on any atom is 0.364 e. The van der Waals surface area contributed by atoms with Crippen molar-refractivity contribution in [1.82, 2.24) is 15.8 Å². The molecule has 1 aliphatic heterocycles. The Kier molecular flexibility index (Phi) is 7.51. The SMILES string of the molecule is CC(C)(Sc1nc(CCOC2=CC=C(c3ccc(Cl)c(Cl)c3)NN2)cs1)C(=O)OF. The Hall–Kier alpha value is -1.94. The van der Waals surface area contributed by atoms with E-state index < -0.39 is 10.7 Å². The highest BCUT2D eigenvalue weighted by Crippen LogP contribution is 2.35. The van der Waals surface area contributed by atoms with Crippen LogP contribution in [-0.2, 0) is 20.9 Å². The van der Waals surface area contributed by atoms with Gasteiger partial charge in [0.2, 0.25) is 5.88 Å². The topological polar surface area (TPSA) is 72.5 Å². The molecule has 11 heteroatoms. The Morgan fingerprint density at radius 2 is 2.07 bits per heavy atom. The van der Waals surface area contributed by atoms with Crippen molar-refractivity contribution in [2.75, 3.05) is 6.61 Å². The molecule has 1 aromatic heterocycles. The molecule has 2 aromatic rings. The van der Waals surface area contributed by atoms with Gasteiger partial charge in [-0.2, -0.15) is 0 Å². The third-order valence-corrected chi connectivity index (χ3v) is 6.91. The number of aromatic nitrogens is 1. The first-order valence-electron chi connectivity index (χ1n) is 8.77. The van der Waals surface area contributed by atoms with Crippen molar-refractivity contribution in [2.45, 2.75) is 29.4 Å². The highest BCUT2D eigenvalue weighted by Gasteiger charge is 2.33. The van der Waals surface area contributed by atoms with Gasteiger partial charge in [0.1, 0.15) is 4.75 Å². The van der Waals surface area contributed by atoms with Gasteiger partial charge in [-0.15, -0.1) is 11.3 Å². The molecule has 0 atom stereocenters. The number of rotatable bonds is 8. The third kappa shape index (κ3) is 5.81. The molecule has 0 aliphatic carbocycles. The number of benzene rings is 1. The summed E-state index contributed by atoms with van der Waals surface area (Å²) in [6.45, 7) is 3.57. The fraction of sp³-hybridized carbons (Fsp3) is 0.263. The second-order valence-electron chi connectivity index (χ2n) is 6.67. The van der Waals surface area contributed by atoms with Crippen LogP contribution in [-0.4, -0.2) is 22.3 Å². The molecule has 0 saturated carbocycles. The second-order valence-corrected chi connectivity index (χ2v) is 10.2. The molecule has 30 heavy (non-hydrogen) atoms. The normalized spacial score (nSPS) is 13.6. The summed E-state index contributed by atoms with van der Waals surface area (Å²) in [5, 5.41) is 2.86. The number of halogens is 3. The molecule has 160 valence electrons. The number of thiazole rings is 1. The summed E-state index contributed by atoms with van der Waals surface area (Å²) in [4.78, 5) is 19.2. The van der Waals surface area contributed by atoms with E-state index in [1.165, 1.54) is 11.3 Å². The third-order valence-electron chi connectivity index (χ3n) is 4.00. The lowest BCUT2D eigenvalue weighted by molar-refractivity contribution is -0.185. The van der Waals surface area contributed by atoms with Crippen LogP contribution in [0.4, 0.5) is 4.53 Å². The largest absolute Gasteiger partial charge is 0.478 e. The van der Waals surface area contributed by atoms with Crippen molar-refractivity contribution >= 4 is 58.0 Å². The van der Waals surface area contributed by atoms with Gasteiger partial charge < -0.3 is 4.74 Å². The zero-order chi connectivity index (χ0) is 21.7. The van der Waals surface area contributed by atoms with Crippen molar-refractivity contribution in [1.29, 1.82) is 0 Å². The van der Waals surface area contributed by atoms with Crippen LogP contribution < -0.4 is 10.9 Å². The minimum Gasteiger partial charge on any atom is -0.478 e. The Bertz CT molecular complexity index is 995. The van der Waals surface area contributed by atoms with Gasteiger partial charge in [0.15, 0.2) is 4.34 Å². The second kappa shape index (κ2) is 9.91. The smallest absolute Gasteiger partial charge is 0.364 e. The molecule has 0 unspecified atom stereocenters. The predicted octanol–water partition coefficient (Wildman–Crippen LogP) is 5.30. The maximum atomic E-state index is 12.2. The first-order valence-corrected chi connectivity index (χ1v) is 11.2. The number of hydrazine groups is 1. The molecule has 1 aromatic carbocycles. The lowest BCUT2D eigenvalue weighted by atomic mass is 10.1. The fourth-order valence-corrected chi connectivity index (χ4v) is 4.91. The van der Waals surface area contributed by atoms with Gasteiger partial charge >= 0.3 is 5.97 Å². The molecule has 0 spiro atoms. The number of ether oxygens (including phenoxy) is 1. The number of nitrogens with zero attached hydrogens (tertiary/aromatic N) is 1. The first-order chi connectivity index (χ1) is 14.3. The lowest BCUT2D eigenvalue weighted by Crippen LogP contribution is -2.33. The van der Waals surface area contributed by atoms with Gasteiger partial charge in [-0.3, -0.25) is 15.8 Å². The van der Waals surface area contributed by atoms with E-state index in [2.05, 4.69) is 20.8 Å². The Labute approximate surface area is 191 Å². The van der Waals surface area contributed by atoms with Crippen LogP contribution in [0.25, 0.3) is 5.70 Å². The molecule has 0 bridgehead atoms. The zero-order valence-electron chi connectivity index (χ0n) is 16.0. The van der Waals surface area contributed by atoms with E-state index in [1.807, 2.05) is 23.6 Å². The number of allylic oxidation sites excluding steroid dienone is 2. The summed E-state index contributed by atoms with van der Waals surface area (Å²) in [6, 6.07) is 5.37. The fourth-order valence-electron chi connectivity index (χ4n) is 2.36. The minimum atomic E-state index is -1.05. The van der Waals surface area contributed by atoms with Crippen molar-refractivity contribution in [3.63, 3.8) is 0 Å². The van der Waals surface area contributed by atoms with Crippen molar-refractivity contribution in [2.24, 2.45) is 0 Å².